The minimum absolute atomic E-state index is 0.0868. The van der Waals surface area contributed by atoms with E-state index in [9.17, 15) is 19.2 Å². The Labute approximate surface area is 218 Å². The Morgan fingerprint density at radius 1 is 1.05 bits per heavy atom. The molecular weight excluding hydrogens is 470 g/mol. The van der Waals surface area contributed by atoms with Crippen molar-refractivity contribution >= 4 is 29.2 Å². The number of ketones is 1. The van der Waals surface area contributed by atoms with E-state index in [0.717, 1.165) is 25.7 Å². The molecule has 2 saturated heterocycles. The van der Waals surface area contributed by atoms with E-state index in [4.69, 9.17) is 4.74 Å². The molecule has 1 spiro atoms. The predicted octanol–water partition coefficient (Wildman–Crippen LogP) is 3.30. The highest BCUT2D eigenvalue weighted by atomic mass is 16.5. The highest BCUT2D eigenvalue weighted by molar-refractivity contribution is 6.11. The van der Waals surface area contributed by atoms with E-state index < -0.39 is 34.6 Å². The molecule has 5 rings (SSSR count). The Morgan fingerprint density at radius 2 is 1.76 bits per heavy atom. The average Bonchev–Trinajstić information content (AvgIpc) is 3.39. The van der Waals surface area contributed by atoms with Crippen LogP contribution in [0.25, 0.3) is 0 Å². The van der Waals surface area contributed by atoms with Crippen LogP contribution < -0.4 is 15.5 Å². The van der Waals surface area contributed by atoms with Gasteiger partial charge in [0.2, 0.25) is 17.7 Å². The van der Waals surface area contributed by atoms with Crippen LogP contribution in [0, 0.1) is 11.8 Å². The maximum Gasteiger partial charge on any atom is 0.246 e. The lowest BCUT2D eigenvalue weighted by molar-refractivity contribution is -0.135. The Hall–Kier alpha value is -3.00. The molecule has 2 bridgehead atoms. The first-order chi connectivity index (χ1) is 17.4. The van der Waals surface area contributed by atoms with Gasteiger partial charge in [0.15, 0.2) is 5.78 Å². The molecule has 1 aliphatic carbocycles. The fourth-order valence-corrected chi connectivity index (χ4v) is 6.66. The summed E-state index contributed by atoms with van der Waals surface area (Å²) in [6, 6.07) is 5.78. The van der Waals surface area contributed by atoms with Gasteiger partial charge in [-0.05, 0) is 59.6 Å². The normalized spacial score (nSPS) is 32.9. The number of hydrogen-bond donors (Lipinski definition) is 2. The number of rotatable bonds is 5. The van der Waals surface area contributed by atoms with Gasteiger partial charge in [0.05, 0.1) is 17.4 Å². The van der Waals surface area contributed by atoms with Crippen molar-refractivity contribution in [1.82, 2.24) is 10.6 Å². The van der Waals surface area contributed by atoms with Gasteiger partial charge in [0.25, 0.3) is 0 Å². The molecule has 37 heavy (non-hydrogen) atoms. The standard InChI is InChI=1S/C29H37N3O5/c1-17(33)18-10-9-13-20(16-18)32-23(25(35)31-27(2,3)4)29-15-14-28(5,37-29)21(22(29)26(32)36)24(34)30-19-11-7-6-8-12-19/h9-10,13-16,19,21-23H,6-8,11-12H2,1-5H3,(H,30,34)(H,31,35)/t21-,22-,23+,28+,29-/m0/s1. The molecule has 8 nitrogen and oxygen atoms in total. The number of carbonyl (C=O) groups excluding carboxylic acids is 4. The van der Waals surface area contributed by atoms with Crippen molar-refractivity contribution in [3.05, 3.63) is 42.0 Å². The van der Waals surface area contributed by atoms with Gasteiger partial charge in [-0.2, -0.15) is 0 Å². The fraction of sp³-hybridized carbons (Fsp3) is 0.586. The van der Waals surface area contributed by atoms with Crippen LogP contribution in [0.5, 0.6) is 0 Å². The topological polar surface area (TPSA) is 105 Å². The summed E-state index contributed by atoms with van der Waals surface area (Å²) < 4.78 is 6.58. The van der Waals surface area contributed by atoms with Crippen LogP contribution >= 0.6 is 0 Å². The van der Waals surface area contributed by atoms with Gasteiger partial charge in [-0.15, -0.1) is 0 Å². The van der Waals surface area contributed by atoms with E-state index in [1.807, 2.05) is 39.8 Å². The number of Topliss-reactive ketones (excluding diaryl/α,β-unsaturated/α-hetero) is 1. The van der Waals surface area contributed by atoms with E-state index in [0.29, 0.717) is 11.3 Å². The first-order valence-corrected chi connectivity index (χ1v) is 13.3. The number of anilines is 1. The van der Waals surface area contributed by atoms with Crippen LogP contribution in [0.4, 0.5) is 5.69 Å². The highest BCUT2D eigenvalue weighted by Gasteiger charge is 2.76. The minimum atomic E-state index is -1.29. The molecule has 3 heterocycles. The largest absolute Gasteiger partial charge is 0.356 e. The average molecular weight is 508 g/mol. The van der Waals surface area contributed by atoms with Gasteiger partial charge in [0.1, 0.15) is 11.6 Å². The summed E-state index contributed by atoms with van der Waals surface area (Å²) in [6.07, 6.45) is 8.82. The maximum absolute atomic E-state index is 14.3. The minimum Gasteiger partial charge on any atom is -0.356 e. The second-order valence-electron chi connectivity index (χ2n) is 12.2. The molecule has 1 saturated carbocycles. The zero-order valence-corrected chi connectivity index (χ0v) is 22.3. The summed E-state index contributed by atoms with van der Waals surface area (Å²) in [5, 5.41) is 6.21. The van der Waals surface area contributed by atoms with E-state index in [1.165, 1.54) is 18.2 Å². The molecule has 5 atom stereocenters. The van der Waals surface area contributed by atoms with Crippen LogP contribution in [0.3, 0.4) is 0 Å². The first kappa shape index (κ1) is 25.6. The molecule has 8 heteroatoms. The third-order valence-electron chi connectivity index (χ3n) is 8.21. The molecule has 3 fully saturated rings. The van der Waals surface area contributed by atoms with Gasteiger partial charge < -0.3 is 15.4 Å². The summed E-state index contributed by atoms with van der Waals surface area (Å²) in [5.74, 6) is -2.67. The molecule has 4 aliphatic rings. The second-order valence-corrected chi connectivity index (χ2v) is 12.2. The molecule has 2 N–H and O–H groups in total. The van der Waals surface area contributed by atoms with Gasteiger partial charge >= 0.3 is 0 Å². The Morgan fingerprint density at radius 3 is 2.41 bits per heavy atom. The second kappa shape index (κ2) is 8.79. The first-order valence-electron chi connectivity index (χ1n) is 13.3. The van der Waals surface area contributed by atoms with Crippen LogP contribution in [0.2, 0.25) is 0 Å². The lowest BCUT2D eigenvalue weighted by Gasteiger charge is -2.35. The Bertz CT molecular complexity index is 1180. The number of fused-ring (bicyclic) bond motifs is 1. The van der Waals surface area contributed by atoms with Gasteiger partial charge in [0, 0.05) is 22.8 Å². The van der Waals surface area contributed by atoms with Crippen LogP contribution in [-0.4, -0.2) is 52.3 Å². The quantitative estimate of drug-likeness (QED) is 0.470. The number of hydrogen-bond acceptors (Lipinski definition) is 5. The number of nitrogens with one attached hydrogen (secondary N) is 2. The van der Waals surface area contributed by atoms with Crippen molar-refractivity contribution < 1.29 is 23.9 Å². The highest BCUT2D eigenvalue weighted by Crippen LogP contribution is 2.60. The maximum atomic E-state index is 14.3. The van der Waals surface area contributed by atoms with E-state index >= 15 is 0 Å². The summed E-state index contributed by atoms with van der Waals surface area (Å²) >= 11 is 0. The molecule has 1 aromatic rings. The number of ether oxygens (including phenoxy) is 1. The van der Waals surface area contributed by atoms with Crippen molar-refractivity contribution in [3.8, 4) is 0 Å². The van der Waals surface area contributed by atoms with Crippen molar-refractivity contribution in [2.45, 2.75) is 95.5 Å². The zero-order valence-electron chi connectivity index (χ0n) is 22.3. The summed E-state index contributed by atoms with van der Waals surface area (Å²) in [5.41, 5.74) is -1.96. The van der Waals surface area contributed by atoms with Crippen LogP contribution in [0.15, 0.2) is 36.4 Å². The van der Waals surface area contributed by atoms with Crippen molar-refractivity contribution in [2.24, 2.45) is 11.8 Å². The van der Waals surface area contributed by atoms with E-state index in [2.05, 4.69) is 10.6 Å². The van der Waals surface area contributed by atoms with E-state index in [-0.39, 0.29) is 29.5 Å². The molecule has 0 unspecified atom stereocenters. The number of nitrogens with zero attached hydrogens (tertiary/aromatic N) is 1. The molecule has 3 aliphatic heterocycles. The predicted molar refractivity (Wildman–Crippen MR) is 139 cm³/mol. The number of carbonyl (C=O) groups is 4. The lowest BCUT2D eigenvalue weighted by atomic mass is 9.70. The number of amides is 3. The van der Waals surface area contributed by atoms with Gasteiger partial charge in [-0.3, -0.25) is 24.1 Å². The Balaban J connectivity index is 1.58. The molecule has 0 radical (unpaired) electrons. The Kier molecular flexibility index (Phi) is 6.09. The summed E-state index contributed by atoms with van der Waals surface area (Å²) in [6.45, 7) is 8.92. The molecular formula is C29H37N3O5. The summed E-state index contributed by atoms with van der Waals surface area (Å²) in [4.78, 5) is 55.4. The number of benzene rings is 1. The molecule has 3 amide bonds. The van der Waals surface area contributed by atoms with Crippen LogP contribution in [0.1, 0.15) is 77.1 Å². The summed E-state index contributed by atoms with van der Waals surface area (Å²) in [7, 11) is 0. The molecule has 0 aromatic heterocycles. The smallest absolute Gasteiger partial charge is 0.246 e. The third kappa shape index (κ3) is 4.19. The molecule has 1 aromatic carbocycles. The third-order valence-corrected chi connectivity index (χ3v) is 8.21. The van der Waals surface area contributed by atoms with Crippen molar-refractivity contribution in [3.63, 3.8) is 0 Å². The lowest BCUT2D eigenvalue weighted by Crippen LogP contribution is -2.58. The zero-order chi connectivity index (χ0) is 26.8. The van der Waals surface area contributed by atoms with Crippen LogP contribution in [-0.2, 0) is 19.1 Å². The fourth-order valence-electron chi connectivity index (χ4n) is 6.66. The monoisotopic (exact) mass is 507 g/mol. The van der Waals surface area contributed by atoms with E-state index in [1.54, 1.807) is 24.3 Å². The van der Waals surface area contributed by atoms with Crippen molar-refractivity contribution in [1.29, 1.82) is 0 Å². The van der Waals surface area contributed by atoms with Gasteiger partial charge in [-0.1, -0.05) is 43.5 Å². The molecule has 198 valence electrons. The van der Waals surface area contributed by atoms with Crippen molar-refractivity contribution in [2.75, 3.05) is 4.90 Å². The SMILES string of the molecule is CC(=O)c1cccc(N2C(=O)[C@@H]3[C@@H](C(=O)NC4CCCCC4)[C@@]4(C)C=C[C@@]3(O4)[C@H]2C(=O)NC(C)(C)C)c1. The van der Waals surface area contributed by atoms with Gasteiger partial charge in [-0.25, -0.2) is 0 Å².